The first-order valence-corrected chi connectivity index (χ1v) is 3.67. The van der Waals surface area contributed by atoms with Gasteiger partial charge in [-0.2, -0.15) is 5.10 Å². The second-order valence-electron chi connectivity index (χ2n) is 2.56. The van der Waals surface area contributed by atoms with Crippen molar-refractivity contribution in [2.45, 2.75) is 6.92 Å². The fraction of sp³-hybridized carbons (Fsp3) is 0.286. The highest BCUT2D eigenvalue weighted by atomic mass is 16.2. The molecule has 6 nitrogen and oxygen atoms in total. The number of carbonyl (C=O) groups excluding carboxylic acids is 1. The number of rotatable bonds is 2. The van der Waals surface area contributed by atoms with Gasteiger partial charge in [0, 0.05) is 7.05 Å². The van der Waals surface area contributed by atoms with Gasteiger partial charge in [0.25, 0.3) is 0 Å². The number of primary amides is 1. The molecule has 13 heavy (non-hydrogen) atoms. The molecule has 0 radical (unpaired) electrons. The number of amides is 2. The van der Waals surface area contributed by atoms with Crippen molar-refractivity contribution in [1.82, 2.24) is 15.0 Å². The molecule has 0 aliphatic heterocycles. The molecule has 0 fully saturated rings. The third-order valence-corrected chi connectivity index (χ3v) is 1.52. The molecule has 0 atom stereocenters. The van der Waals surface area contributed by atoms with Crippen LogP contribution in [0.15, 0.2) is 17.6 Å². The van der Waals surface area contributed by atoms with Crippen LogP contribution in [0, 0.1) is 0 Å². The number of nitrogens with two attached hydrogens (primary N) is 1. The molecule has 0 unspecified atom stereocenters. The Bertz CT molecular complexity index is 340. The van der Waals surface area contributed by atoms with Gasteiger partial charge in [-0.25, -0.2) is 15.2 Å². The van der Waals surface area contributed by atoms with Crippen LogP contribution in [0.1, 0.15) is 12.6 Å². The summed E-state index contributed by atoms with van der Waals surface area (Å²) in [5.74, 6) is 0. The van der Waals surface area contributed by atoms with Crippen LogP contribution in [0.2, 0.25) is 0 Å². The summed E-state index contributed by atoms with van der Waals surface area (Å²) in [4.78, 5) is 14.2. The van der Waals surface area contributed by atoms with Gasteiger partial charge in [0.1, 0.15) is 0 Å². The second kappa shape index (κ2) is 3.70. The minimum Gasteiger partial charge on any atom is -0.350 e. The van der Waals surface area contributed by atoms with Gasteiger partial charge >= 0.3 is 6.03 Å². The van der Waals surface area contributed by atoms with Crippen LogP contribution in [0.5, 0.6) is 0 Å². The summed E-state index contributed by atoms with van der Waals surface area (Å²) in [5, 5.41) is 3.76. The molecule has 0 bridgehead atoms. The first-order chi connectivity index (χ1) is 6.11. The molecule has 3 N–H and O–H groups in total. The van der Waals surface area contributed by atoms with Crippen LogP contribution in [0.25, 0.3) is 0 Å². The van der Waals surface area contributed by atoms with E-state index in [9.17, 15) is 4.79 Å². The highest BCUT2D eigenvalue weighted by molar-refractivity contribution is 5.97. The molecule has 0 saturated heterocycles. The SMILES string of the molecule is C/C(=N\NC(N)=O)c1cncn1C. The van der Waals surface area contributed by atoms with Crippen molar-refractivity contribution in [2.75, 3.05) is 0 Å². The largest absolute Gasteiger partial charge is 0.350 e. The van der Waals surface area contributed by atoms with Crippen LogP contribution in [0.4, 0.5) is 4.79 Å². The lowest BCUT2D eigenvalue weighted by atomic mass is 10.3. The average molecular weight is 181 g/mol. The lowest BCUT2D eigenvalue weighted by Crippen LogP contribution is -2.25. The zero-order chi connectivity index (χ0) is 9.84. The van der Waals surface area contributed by atoms with Gasteiger partial charge in [0.2, 0.25) is 0 Å². The molecule has 1 heterocycles. The molecule has 2 amide bonds. The van der Waals surface area contributed by atoms with Crippen LogP contribution >= 0.6 is 0 Å². The van der Waals surface area contributed by atoms with Gasteiger partial charge in [0.05, 0.1) is 23.9 Å². The van der Waals surface area contributed by atoms with Crippen LogP contribution in [-0.2, 0) is 7.05 Å². The molecular weight excluding hydrogens is 170 g/mol. The number of aryl methyl sites for hydroxylation is 1. The lowest BCUT2D eigenvalue weighted by Gasteiger charge is -2.00. The molecule has 1 aromatic heterocycles. The Hall–Kier alpha value is -1.85. The zero-order valence-electron chi connectivity index (χ0n) is 7.48. The fourth-order valence-electron chi connectivity index (χ4n) is 0.902. The maximum Gasteiger partial charge on any atom is 0.332 e. The predicted octanol–water partition coefficient (Wildman–Crippen LogP) is -0.188. The van der Waals surface area contributed by atoms with E-state index in [-0.39, 0.29) is 0 Å². The van der Waals surface area contributed by atoms with Gasteiger partial charge in [-0.15, -0.1) is 0 Å². The monoisotopic (exact) mass is 181 g/mol. The Morgan fingerprint density at radius 3 is 2.92 bits per heavy atom. The van der Waals surface area contributed by atoms with E-state index in [1.807, 2.05) is 7.05 Å². The Balaban J connectivity index is 2.78. The summed E-state index contributed by atoms with van der Waals surface area (Å²) in [6.45, 7) is 1.76. The zero-order valence-corrected chi connectivity index (χ0v) is 7.48. The molecule has 70 valence electrons. The number of imidazole rings is 1. The van der Waals surface area contributed by atoms with Crippen molar-refractivity contribution < 1.29 is 4.79 Å². The van der Waals surface area contributed by atoms with Gasteiger partial charge < -0.3 is 10.3 Å². The minimum atomic E-state index is -0.679. The average Bonchev–Trinajstić information content (AvgIpc) is 2.47. The van der Waals surface area contributed by atoms with Crippen molar-refractivity contribution in [1.29, 1.82) is 0 Å². The molecule has 0 saturated carbocycles. The maximum absolute atomic E-state index is 10.3. The van der Waals surface area contributed by atoms with E-state index in [4.69, 9.17) is 5.73 Å². The number of nitrogens with zero attached hydrogens (tertiary/aromatic N) is 3. The summed E-state index contributed by atoms with van der Waals surface area (Å²) in [6.07, 6.45) is 3.31. The number of hydrogen-bond acceptors (Lipinski definition) is 3. The summed E-state index contributed by atoms with van der Waals surface area (Å²) in [5.41, 5.74) is 8.48. The molecular formula is C7H11N5O. The number of carbonyl (C=O) groups is 1. The van der Waals surface area contributed by atoms with Crippen LogP contribution in [-0.4, -0.2) is 21.3 Å². The predicted molar refractivity (Wildman–Crippen MR) is 48.1 cm³/mol. The summed E-state index contributed by atoms with van der Waals surface area (Å²) in [7, 11) is 1.84. The molecule has 1 aromatic rings. The minimum absolute atomic E-state index is 0.652. The Kier molecular flexibility index (Phi) is 2.63. The van der Waals surface area contributed by atoms with E-state index in [0.717, 1.165) is 5.69 Å². The molecule has 0 aromatic carbocycles. The number of hydrazone groups is 1. The highest BCUT2D eigenvalue weighted by Gasteiger charge is 2.01. The molecule has 0 aliphatic carbocycles. The van der Waals surface area contributed by atoms with Crippen LogP contribution in [0.3, 0.4) is 0 Å². The third kappa shape index (κ3) is 2.29. The fourth-order valence-corrected chi connectivity index (χ4v) is 0.902. The van der Waals surface area contributed by atoms with Crippen molar-refractivity contribution in [3.05, 3.63) is 18.2 Å². The number of aromatic nitrogens is 2. The van der Waals surface area contributed by atoms with Crippen molar-refractivity contribution in [2.24, 2.45) is 17.9 Å². The second-order valence-corrected chi connectivity index (χ2v) is 2.56. The van der Waals surface area contributed by atoms with Crippen molar-refractivity contribution in [3.8, 4) is 0 Å². The smallest absolute Gasteiger partial charge is 0.332 e. The van der Waals surface area contributed by atoms with E-state index in [2.05, 4.69) is 15.5 Å². The number of nitrogens with one attached hydrogen (secondary N) is 1. The molecule has 0 spiro atoms. The van der Waals surface area contributed by atoms with Crippen molar-refractivity contribution >= 4 is 11.7 Å². The standard InChI is InChI=1S/C7H11N5O/c1-5(10-11-7(8)13)6-3-9-4-12(6)2/h3-4H,1-2H3,(H3,8,11,13)/b10-5+. The Morgan fingerprint density at radius 2 is 2.46 bits per heavy atom. The topological polar surface area (TPSA) is 85.3 Å². The lowest BCUT2D eigenvalue weighted by molar-refractivity contribution is 0.249. The van der Waals surface area contributed by atoms with E-state index in [1.54, 1.807) is 24.0 Å². The number of urea groups is 1. The van der Waals surface area contributed by atoms with Gasteiger partial charge in [-0.05, 0) is 6.92 Å². The van der Waals surface area contributed by atoms with E-state index in [0.29, 0.717) is 5.71 Å². The van der Waals surface area contributed by atoms with Crippen molar-refractivity contribution in [3.63, 3.8) is 0 Å². The van der Waals surface area contributed by atoms with Crippen LogP contribution < -0.4 is 11.2 Å². The molecule has 1 rings (SSSR count). The number of hydrogen-bond donors (Lipinski definition) is 2. The first-order valence-electron chi connectivity index (χ1n) is 3.67. The Labute approximate surface area is 75.4 Å². The first kappa shape index (κ1) is 9.24. The summed E-state index contributed by atoms with van der Waals surface area (Å²) in [6, 6.07) is -0.679. The normalized spacial score (nSPS) is 11.4. The van der Waals surface area contributed by atoms with E-state index >= 15 is 0 Å². The quantitative estimate of drug-likeness (QED) is 0.489. The summed E-state index contributed by atoms with van der Waals surface area (Å²) < 4.78 is 1.79. The molecule has 0 aliphatic rings. The van der Waals surface area contributed by atoms with E-state index < -0.39 is 6.03 Å². The van der Waals surface area contributed by atoms with Gasteiger partial charge in [-0.1, -0.05) is 0 Å². The van der Waals surface area contributed by atoms with Gasteiger partial charge in [0.15, 0.2) is 0 Å². The van der Waals surface area contributed by atoms with E-state index in [1.165, 1.54) is 0 Å². The third-order valence-electron chi connectivity index (χ3n) is 1.52. The Morgan fingerprint density at radius 1 is 1.77 bits per heavy atom. The summed E-state index contributed by atoms with van der Waals surface area (Å²) >= 11 is 0. The highest BCUT2D eigenvalue weighted by Crippen LogP contribution is 1.97. The maximum atomic E-state index is 10.3. The van der Waals surface area contributed by atoms with Gasteiger partial charge in [-0.3, -0.25) is 0 Å². The molecule has 6 heteroatoms.